The van der Waals surface area contributed by atoms with E-state index in [-0.39, 0.29) is 6.61 Å². The highest BCUT2D eigenvalue weighted by Gasteiger charge is 2.12. The first-order valence-electron chi connectivity index (χ1n) is 5.66. The molecule has 0 unspecified atom stereocenters. The number of nitrogens with zero attached hydrogens (tertiary/aromatic N) is 1. The quantitative estimate of drug-likeness (QED) is 0.427. The van der Waals surface area contributed by atoms with Crippen molar-refractivity contribution in [1.29, 1.82) is 0 Å². The molecule has 21 heavy (non-hydrogen) atoms. The van der Waals surface area contributed by atoms with Crippen molar-refractivity contribution in [2.45, 2.75) is 6.61 Å². The molecule has 2 rings (SSSR count). The van der Waals surface area contributed by atoms with Crippen LogP contribution in [0.15, 0.2) is 26.5 Å². The minimum absolute atomic E-state index is 0.242. The molecule has 0 saturated heterocycles. The third-order valence-corrected chi connectivity index (χ3v) is 4.59. The van der Waals surface area contributed by atoms with E-state index in [2.05, 4.69) is 36.8 Å². The van der Waals surface area contributed by atoms with E-state index in [1.165, 1.54) is 11.3 Å². The van der Waals surface area contributed by atoms with E-state index in [0.29, 0.717) is 22.2 Å². The molecule has 0 aliphatic heterocycles. The van der Waals surface area contributed by atoms with E-state index in [9.17, 15) is 4.79 Å². The molecule has 0 spiro atoms. The number of hydrogen-bond donors (Lipinski definition) is 2. The van der Waals surface area contributed by atoms with Gasteiger partial charge in [0.05, 0.1) is 21.7 Å². The number of thiazole rings is 1. The van der Waals surface area contributed by atoms with Crippen LogP contribution in [-0.2, 0) is 6.61 Å². The molecule has 3 N–H and O–H groups in total. The Labute approximate surface area is 141 Å². The topological polar surface area (TPSA) is 86.5 Å². The first-order valence-corrected chi connectivity index (χ1v) is 8.13. The van der Waals surface area contributed by atoms with Crippen LogP contribution in [0.5, 0.6) is 11.5 Å². The number of hydrazine groups is 1. The predicted molar refractivity (Wildman–Crippen MR) is 86.5 cm³/mol. The second kappa shape index (κ2) is 7.21. The molecule has 1 heterocycles. The SMILES string of the molecule is COc1cc(Br)c(OCc2csc(C(=O)NN)n2)cc1Br. The number of benzene rings is 1. The number of nitrogens with two attached hydrogens (primary N) is 1. The van der Waals surface area contributed by atoms with E-state index in [1.54, 1.807) is 24.6 Å². The number of carbonyl (C=O) groups excluding carboxylic acids is 1. The molecule has 9 heteroatoms. The van der Waals surface area contributed by atoms with Crippen LogP contribution in [0, 0.1) is 0 Å². The summed E-state index contributed by atoms with van der Waals surface area (Å²) in [4.78, 5) is 15.4. The molecule has 2 aromatic rings. The summed E-state index contributed by atoms with van der Waals surface area (Å²) in [5.74, 6) is 5.98. The highest BCUT2D eigenvalue weighted by molar-refractivity contribution is 9.11. The van der Waals surface area contributed by atoms with Crippen LogP contribution in [0.4, 0.5) is 0 Å². The largest absolute Gasteiger partial charge is 0.496 e. The second-order valence-corrected chi connectivity index (χ2v) is 6.39. The summed E-state index contributed by atoms with van der Waals surface area (Å²) in [6, 6.07) is 3.59. The van der Waals surface area contributed by atoms with Crippen LogP contribution in [-0.4, -0.2) is 18.0 Å². The molecule has 1 amide bonds. The number of nitrogen functional groups attached to an aromatic ring is 1. The maximum absolute atomic E-state index is 11.3. The molecule has 0 fully saturated rings. The molecule has 0 radical (unpaired) electrons. The lowest BCUT2D eigenvalue weighted by Crippen LogP contribution is -2.29. The van der Waals surface area contributed by atoms with Gasteiger partial charge in [0.2, 0.25) is 0 Å². The molecule has 1 aromatic carbocycles. The standard InChI is InChI=1S/C12H11Br2N3O3S/c1-19-9-2-8(14)10(3-7(9)13)20-4-6-5-21-12(16-6)11(18)17-15/h2-3,5H,4,15H2,1H3,(H,17,18). The second-order valence-electron chi connectivity index (χ2n) is 3.82. The summed E-state index contributed by atoms with van der Waals surface area (Å²) in [6.07, 6.45) is 0. The van der Waals surface area contributed by atoms with Crippen molar-refractivity contribution in [2.24, 2.45) is 5.84 Å². The normalized spacial score (nSPS) is 10.3. The average Bonchev–Trinajstić information content (AvgIpc) is 2.95. The van der Waals surface area contributed by atoms with Gasteiger partial charge in [-0.25, -0.2) is 10.8 Å². The molecule has 6 nitrogen and oxygen atoms in total. The van der Waals surface area contributed by atoms with Crippen LogP contribution < -0.4 is 20.7 Å². The van der Waals surface area contributed by atoms with Crippen LogP contribution in [0.3, 0.4) is 0 Å². The van der Waals surface area contributed by atoms with E-state index in [4.69, 9.17) is 15.3 Å². The van der Waals surface area contributed by atoms with Gasteiger partial charge < -0.3 is 9.47 Å². The Morgan fingerprint density at radius 1 is 1.38 bits per heavy atom. The number of amides is 1. The first-order chi connectivity index (χ1) is 10.0. The predicted octanol–water partition coefficient (Wildman–Crippen LogP) is 2.86. The van der Waals surface area contributed by atoms with E-state index < -0.39 is 5.91 Å². The maximum Gasteiger partial charge on any atom is 0.294 e. The van der Waals surface area contributed by atoms with Crippen molar-refractivity contribution in [2.75, 3.05) is 7.11 Å². The average molecular weight is 437 g/mol. The maximum atomic E-state index is 11.3. The number of halogens is 2. The van der Waals surface area contributed by atoms with Crippen molar-refractivity contribution in [3.63, 3.8) is 0 Å². The lowest BCUT2D eigenvalue weighted by molar-refractivity contribution is 0.0953. The lowest BCUT2D eigenvalue weighted by Gasteiger charge is -2.10. The number of nitrogens with one attached hydrogen (secondary N) is 1. The van der Waals surface area contributed by atoms with Gasteiger partial charge in [-0.15, -0.1) is 11.3 Å². The van der Waals surface area contributed by atoms with E-state index in [1.807, 2.05) is 5.43 Å². The Morgan fingerprint density at radius 2 is 2.05 bits per heavy atom. The number of ether oxygens (including phenoxy) is 2. The van der Waals surface area contributed by atoms with Crippen molar-refractivity contribution in [3.8, 4) is 11.5 Å². The van der Waals surface area contributed by atoms with Gasteiger partial charge in [0.1, 0.15) is 18.1 Å². The summed E-state index contributed by atoms with van der Waals surface area (Å²) in [5.41, 5.74) is 2.69. The molecule has 112 valence electrons. The number of methoxy groups -OCH3 is 1. The summed E-state index contributed by atoms with van der Waals surface area (Å²) in [7, 11) is 1.59. The van der Waals surface area contributed by atoms with Gasteiger partial charge in [-0.1, -0.05) is 0 Å². The molecule has 0 bridgehead atoms. The van der Waals surface area contributed by atoms with Crippen molar-refractivity contribution >= 4 is 49.1 Å². The molecular formula is C12H11Br2N3O3S. The summed E-state index contributed by atoms with van der Waals surface area (Å²) < 4.78 is 12.4. The zero-order valence-corrected chi connectivity index (χ0v) is 14.8. The van der Waals surface area contributed by atoms with E-state index in [0.717, 1.165) is 8.95 Å². The fraction of sp³-hybridized carbons (Fsp3) is 0.167. The van der Waals surface area contributed by atoms with Crippen LogP contribution in [0.25, 0.3) is 0 Å². The third-order valence-electron chi connectivity index (χ3n) is 2.46. The monoisotopic (exact) mass is 435 g/mol. The van der Waals surface area contributed by atoms with Gasteiger partial charge in [0.15, 0.2) is 5.01 Å². The van der Waals surface area contributed by atoms with Crippen LogP contribution >= 0.6 is 43.2 Å². The Morgan fingerprint density at radius 3 is 2.71 bits per heavy atom. The molecule has 0 aliphatic carbocycles. The van der Waals surface area contributed by atoms with Gasteiger partial charge in [-0.3, -0.25) is 10.2 Å². The van der Waals surface area contributed by atoms with Crippen molar-refractivity contribution in [3.05, 3.63) is 37.2 Å². The first kappa shape index (κ1) is 16.2. The highest BCUT2D eigenvalue weighted by atomic mass is 79.9. The minimum atomic E-state index is -0.417. The zero-order chi connectivity index (χ0) is 15.4. The number of rotatable bonds is 5. The third kappa shape index (κ3) is 3.94. The van der Waals surface area contributed by atoms with Gasteiger partial charge in [-0.2, -0.15) is 0 Å². The Bertz CT molecular complexity index is 663. The number of aromatic nitrogens is 1. The van der Waals surface area contributed by atoms with Gasteiger partial charge >= 0.3 is 0 Å². The summed E-state index contributed by atoms with van der Waals surface area (Å²) >= 11 is 8.01. The number of hydrogen-bond acceptors (Lipinski definition) is 6. The number of carbonyl (C=O) groups is 1. The zero-order valence-electron chi connectivity index (χ0n) is 10.9. The Kier molecular flexibility index (Phi) is 5.57. The van der Waals surface area contributed by atoms with Crippen molar-refractivity contribution < 1.29 is 14.3 Å². The smallest absolute Gasteiger partial charge is 0.294 e. The molecule has 0 atom stereocenters. The highest BCUT2D eigenvalue weighted by Crippen LogP contribution is 2.36. The Balaban J connectivity index is 2.08. The van der Waals surface area contributed by atoms with Crippen LogP contribution in [0.2, 0.25) is 0 Å². The fourth-order valence-corrected chi connectivity index (χ4v) is 3.09. The van der Waals surface area contributed by atoms with E-state index >= 15 is 0 Å². The molecule has 1 aromatic heterocycles. The summed E-state index contributed by atoms with van der Waals surface area (Å²) in [6.45, 7) is 0.242. The minimum Gasteiger partial charge on any atom is -0.496 e. The molecule has 0 saturated carbocycles. The molecular weight excluding hydrogens is 426 g/mol. The van der Waals surface area contributed by atoms with Crippen LogP contribution in [0.1, 0.15) is 15.5 Å². The Hall–Kier alpha value is -1.16. The fourth-order valence-electron chi connectivity index (χ4n) is 1.47. The summed E-state index contributed by atoms with van der Waals surface area (Å²) in [5, 5.41) is 2.04. The molecule has 0 aliphatic rings. The van der Waals surface area contributed by atoms with Gasteiger partial charge in [-0.05, 0) is 44.0 Å². The van der Waals surface area contributed by atoms with Gasteiger partial charge in [0, 0.05) is 5.38 Å². The lowest BCUT2D eigenvalue weighted by atomic mass is 10.3. The van der Waals surface area contributed by atoms with Crippen molar-refractivity contribution in [1.82, 2.24) is 10.4 Å². The van der Waals surface area contributed by atoms with Gasteiger partial charge in [0.25, 0.3) is 5.91 Å².